The van der Waals surface area contributed by atoms with Gasteiger partial charge in [0.05, 0.1) is 18.7 Å². The number of aromatic hydroxyl groups is 1. The Balaban J connectivity index is 1.38. The van der Waals surface area contributed by atoms with Gasteiger partial charge in [-0.1, -0.05) is 0 Å². The molecule has 5 aliphatic rings. The molecule has 6 rings (SSSR count). The number of Topliss-reactive ketones (excluding diaryl/α,β-unsaturated/α-hetero) is 2. The summed E-state index contributed by atoms with van der Waals surface area (Å²) in [6.45, 7) is 0.174. The van der Waals surface area contributed by atoms with Gasteiger partial charge >= 0.3 is 0 Å². The lowest BCUT2D eigenvalue weighted by atomic mass is 9.59. The predicted octanol–water partition coefficient (Wildman–Crippen LogP) is 0.449. The smallest absolute Gasteiger partial charge is 0.255 e. The number of ketones is 2. The number of halogens is 2. The zero-order chi connectivity index (χ0) is 28.8. The molecule has 0 spiro atoms. The fraction of sp³-hybridized carbons (Fsp3) is 0.481. The van der Waals surface area contributed by atoms with Crippen molar-refractivity contribution in [3.63, 3.8) is 0 Å². The minimum absolute atomic E-state index is 0.0573. The fourth-order valence-electron chi connectivity index (χ4n) is 6.99. The van der Waals surface area contributed by atoms with E-state index in [1.807, 2.05) is 0 Å². The zero-order valence-corrected chi connectivity index (χ0v) is 21.2. The van der Waals surface area contributed by atoms with E-state index in [1.54, 1.807) is 4.90 Å². The summed E-state index contributed by atoms with van der Waals surface area (Å²) in [6.07, 6.45) is -1.45. The molecule has 212 valence electrons. The minimum atomic E-state index is -2.71. The second-order valence-electron chi connectivity index (χ2n) is 11.3. The van der Waals surface area contributed by atoms with Crippen LogP contribution >= 0.6 is 0 Å². The number of carbonyl (C=O) groups is 4. The van der Waals surface area contributed by atoms with Gasteiger partial charge in [0.2, 0.25) is 11.7 Å². The number of hydrogen-bond donors (Lipinski definition) is 5. The predicted molar refractivity (Wildman–Crippen MR) is 132 cm³/mol. The van der Waals surface area contributed by atoms with Crippen molar-refractivity contribution in [2.75, 3.05) is 19.6 Å². The number of nitrogens with zero attached hydrogens (tertiary/aromatic N) is 2. The number of phenols is 1. The van der Waals surface area contributed by atoms with Crippen LogP contribution in [0.4, 0.5) is 8.78 Å². The second-order valence-corrected chi connectivity index (χ2v) is 11.3. The van der Waals surface area contributed by atoms with Crippen molar-refractivity contribution in [1.29, 1.82) is 0 Å². The standard InChI is InChI=1S/C27H27F2N3O8/c28-12-1-2-31(6-12)9-17(34)32-7-14-15(8-32)22(35)19-13(21(14)29)4-10-3-11-5-16(33)20(26(30)39)25(38)27(11,40)24(37)18(10)23(19)36/h10-12,35-36,38,40H,1-9H2,(H2,30,39)/t10?,11-,12-,27-/m0/s1. The molecule has 3 aliphatic carbocycles. The highest BCUT2D eigenvalue weighted by molar-refractivity contribution is 6.22. The summed E-state index contributed by atoms with van der Waals surface area (Å²) in [5, 5.41) is 44.3. The Morgan fingerprint density at radius 2 is 1.77 bits per heavy atom. The number of nitrogens with two attached hydrogens (primary N) is 1. The molecule has 13 heteroatoms. The van der Waals surface area contributed by atoms with Crippen molar-refractivity contribution in [2.24, 2.45) is 17.6 Å². The van der Waals surface area contributed by atoms with Crippen molar-refractivity contribution in [3.8, 4) is 5.75 Å². The molecule has 0 radical (unpaired) electrons. The van der Waals surface area contributed by atoms with Crippen LogP contribution < -0.4 is 5.73 Å². The average Bonchev–Trinajstić information content (AvgIpc) is 3.51. The molecular formula is C27H27F2N3O8. The van der Waals surface area contributed by atoms with Gasteiger partial charge in [-0.3, -0.25) is 24.1 Å². The number of fused-ring (bicyclic) bond motifs is 4. The maximum Gasteiger partial charge on any atom is 0.255 e. The zero-order valence-electron chi connectivity index (χ0n) is 21.2. The van der Waals surface area contributed by atoms with Crippen LogP contribution in [-0.2, 0) is 38.7 Å². The molecule has 1 saturated heterocycles. The summed E-state index contributed by atoms with van der Waals surface area (Å²) in [5.41, 5.74) is 0.918. The topological polar surface area (TPSA) is 182 Å². The van der Waals surface area contributed by atoms with Gasteiger partial charge in [0.25, 0.3) is 5.91 Å². The van der Waals surface area contributed by atoms with Gasteiger partial charge in [-0.2, -0.15) is 0 Å². The molecular weight excluding hydrogens is 532 g/mol. The highest BCUT2D eigenvalue weighted by Gasteiger charge is 2.60. The fourth-order valence-corrected chi connectivity index (χ4v) is 6.99. The molecule has 0 bridgehead atoms. The molecule has 0 aromatic heterocycles. The maximum atomic E-state index is 15.9. The van der Waals surface area contributed by atoms with Crippen LogP contribution in [-0.4, -0.2) is 85.0 Å². The normalized spacial score (nSPS) is 29.9. The number of rotatable bonds is 3. The molecule has 1 aromatic rings. The van der Waals surface area contributed by atoms with Gasteiger partial charge in [-0.25, -0.2) is 8.78 Å². The van der Waals surface area contributed by atoms with Crippen molar-refractivity contribution in [1.82, 2.24) is 9.80 Å². The molecule has 2 heterocycles. The Kier molecular flexibility index (Phi) is 5.83. The molecule has 2 aliphatic heterocycles. The molecule has 40 heavy (non-hydrogen) atoms. The highest BCUT2D eigenvalue weighted by Crippen LogP contribution is 2.53. The Bertz CT molecular complexity index is 1490. The van der Waals surface area contributed by atoms with Crippen molar-refractivity contribution in [2.45, 2.75) is 50.5 Å². The first kappa shape index (κ1) is 26.4. The third-order valence-corrected chi connectivity index (χ3v) is 9.00. The number of aliphatic hydroxyl groups is 3. The van der Waals surface area contributed by atoms with Gasteiger partial charge in [-0.05, 0) is 25.2 Å². The molecule has 1 aromatic carbocycles. The Morgan fingerprint density at radius 1 is 1.07 bits per heavy atom. The molecule has 4 atom stereocenters. The lowest BCUT2D eigenvalue weighted by Crippen LogP contribution is -2.58. The summed E-state index contributed by atoms with van der Waals surface area (Å²) < 4.78 is 29.4. The first-order valence-corrected chi connectivity index (χ1v) is 13.0. The Morgan fingerprint density at radius 3 is 2.42 bits per heavy atom. The lowest BCUT2D eigenvalue weighted by Gasteiger charge is -2.46. The third-order valence-electron chi connectivity index (χ3n) is 9.00. The molecule has 1 saturated carbocycles. The van der Waals surface area contributed by atoms with Gasteiger partial charge in [0.15, 0.2) is 11.4 Å². The number of primary amides is 1. The average molecular weight is 560 g/mol. The SMILES string of the molecule is NC(=O)C1=C(O)[C@@]2(O)C(=O)C3=C(O)c4c(O)c5c(c(F)c4CC3C[C@H]2CC1=O)CN(C(=O)CN1CC[C@H](F)C1)C5. The summed E-state index contributed by atoms with van der Waals surface area (Å²) >= 11 is 0. The number of phenolic OH excluding ortho intramolecular Hbond substituents is 1. The van der Waals surface area contributed by atoms with Crippen LogP contribution in [0.2, 0.25) is 0 Å². The van der Waals surface area contributed by atoms with Crippen LogP contribution in [0.25, 0.3) is 5.76 Å². The number of likely N-dealkylation sites (tertiary alicyclic amines) is 1. The van der Waals surface area contributed by atoms with E-state index < -0.39 is 76.2 Å². The largest absolute Gasteiger partial charge is 0.508 e. The number of benzene rings is 1. The van der Waals surface area contributed by atoms with Crippen LogP contribution in [0.5, 0.6) is 5.75 Å². The summed E-state index contributed by atoms with van der Waals surface area (Å²) in [4.78, 5) is 53.7. The van der Waals surface area contributed by atoms with Crippen molar-refractivity contribution >= 4 is 29.1 Å². The van der Waals surface area contributed by atoms with Crippen molar-refractivity contribution < 1.29 is 48.4 Å². The summed E-state index contributed by atoms with van der Waals surface area (Å²) in [5.74, 6) is -8.98. The van der Waals surface area contributed by atoms with Gasteiger partial charge in [0.1, 0.15) is 34.8 Å². The molecule has 11 nitrogen and oxygen atoms in total. The first-order valence-electron chi connectivity index (χ1n) is 13.0. The highest BCUT2D eigenvalue weighted by atomic mass is 19.1. The van der Waals surface area contributed by atoms with Gasteiger partial charge in [0, 0.05) is 54.2 Å². The number of carbonyl (C=O) groups excluding carboxylic acids is 4. The van der Waals surface area contributed by atoms with E-state index in [-0.39, 0.29) is 72.8 Å². The van der Waals surface area contributed by atoms with E-state index in [0.29, 0.717) is 13.0 Å². The Labute approximate surface area is 226 Å². The summed E-state index contributed by atoms with van der Waals surface area (Å²) in [6, 6.07) is 0. The first-order chi connectivity index (χ1) is 18.8. The number of amides is 2. The van der Waals surface area contributed by atoms with E-state index >= 15 is 4.39 Å². The van der Waals surface area contributed by atoms with E-state index in [9.17, 15) is 44.0 Å². The minimum Gasteiger partial charge on any atom is -0.508 e. The second kappa shape index (κ2) is 8.83. The monoisotopic (exact) mass is 559 g/mol. The van der Waals surface area contributed by atoms with E-state index in [1.165, 1.54) is 4.90 Å². The quantitative estimate of drug-likeness (QED) is 0.328. The molecule has 1 unspecified atom stereocenters. The number of hydrogen-bond acceptors (Lipinski definition) is 9. The lowest BCUT2D eigenvalue weighted by molar-refractivity contribution is -0.147. The number of aliphatic hydroxyl groups excluding tert-OH is 2. The van der Waals surface area contributed by atoms with E-state index in [0.717, 1.165) is 0 Å². The molecule has 6 N–H and O–H groups in total. The molecule has 2 amide bonds. The van der Waals surface area contributed by atoms with Crippen LogP contribution in [0.1, 0.15) is 41.5 Å². The number of alkyl halides is 1. The van der Waals surface area contributed by atoms with Gasteiger partial charge in [-0.15, -0.1) is 0 Å². The van der Waals surface area contributed by atoms with Crippen molar-refractivity contribution in [3.05, 3.63) is 45.0 Å². The third kappa shape index (κ3) is 3.53. The van der Waals surface area contributed by atoms with Crippen LogP contribution in [0.3, 0.4) is 0 Å². The van der Waals surface area contributed by atoms with Gasteiger partial charge < -0.3 is 31.1 Å². The van der Waals surface area contributed by atoms with Crippen LogP contribution in [0, 0.1) is 17.7 Å². The van der Waals surface area contributed by atoms with E-state index in [4.69, 9.17) is 5.73 Å². The maximum absolute atomic E-state index is 15.9. The van der Waals surface area contributed by atoms with Crippen LogP contribution in [0.15, 0.2) is 16.9 Å². The molecule has 2 fully saturated rings. The Hall–Kier alpha value is -3.84. The van der Waals surface area contributed by atoms with E-state index in [2.05, 4.69) is 0 Å². The summed E-state index contributed by atoms with van der Waals surface area (Å²) in [7, 11) is 0.